The molecule has 0 bridgehead atoms. The molecule has 2 N–H and O–H groups in total. The van der Waals surface area contributed by atoms with E-state index >= 15 is 0 Å². The van der Waals surface area contributed by atoms with E-state index < -0.39 is 0 Å². The zero-order valence-corrected chi connectivity index (χ0v) is 15.9. The van der Waals surface area contributed by atoms with Gasteiger partial charge in [-0.3, -0.25) is 9.78 Å². The highest BCUT2D eigenvalue weighted by Gasteiger charge is 2.09. The molecule has 1 heterocycles. The summed E-state index contributed by atoms with van der Waals surface area (Å²) in [7, 11) is 0. The summed E-state index contributed by atoms with van der Waals surface area (Å²) >= 11 is 0. The van der Waals surface area contributed by atoms with Crippen molar-refractivity contribution in [2.75, 3.05) is 10.6 Å². The Balaban J connectivity index is 1.42. The van der Waals surface area contributed by atoms with E-state index in [0.717, 1.165) is 5.75 Å². The van der Waals surface area contributed by atoms with Crippen LogP contribution in [0.5, 0.6) is 11.5 Å². The number of benzene rings is 3. The van der Waals surface area contributed by atoms with Crippen molar-refractivity contribution in [1.82, 2.24) is 4.98 Å². The minimum Gasteiger partial charge on any atom is -0.457 e. The number of carbonyl (C=O) groups is 1. The summed E-state index contributed by atoms with van der Waals surface area (Å²) in [4.78, 5) is 16.6. The second-order valence-electron chi connectivity index (χ2n) is 6.46. The molecule has 0 radical (unpaired) electrons. The van der Waals surface area contributed by atoms with E-state index in [4.69, 9.17) is 4.74 Å². The summed E-state index contributed by atoms with van der Waals surface area (Å²) in [6.45, 7) is 0. The van der Waals surface area contributed by atoms with Gasteiger partial charge in [0.25, 0.3) is 5.91 Å². The predicted octanol–water partition coefficient (Wildman–Crippen LogP) is 6.01. The zero-order chi connectivity index (χ0) is 20.8. The minimum atomic E-state index is -0.384. The van der Waals surface area contributed by atoms with Crippen LogP contribution in [0.15, 0.2) is 97.3 Å². The molecule has 0 aliphatic rings. The molecule has 0 unspecified atom stereocenters. The van der Waals surface area contributed by atoms with Crippen LogP contribution in [0, 0.1) is 5.82 Å². The number of para-hydroxylation sites is 2. The maximum absolute atomic E-state index is 13.8. The number of halogens is 1. The molecule has 4 rings (SSSR count). The fourth-order valence-electron chi connectivity index (χ4n) is 2.78. The Morgan fingerprint density at radius 2 is 1.50 bits per heavy atom. The number of hydrogen-bond acceptors (Lipinski definition) is 4. The second kappa shape index (κ2) is 8.87. The summed E-state index contributed by atoms with van der Waals surface area (Å²) in [5.41, 5.74) is 1.79. The molecule has 148 valence electrons. The molecule has 5 nitrogen and oxygen atoms in total. The third kappa shape index (κ3) is 4.80. The lowest BCUT2D eigenvalue weighted by Gasteiger charge is -2.10. The van der Waals surface area contributed by atoms with Crippen molar-refractivity contribution >= 4 is 23.0 Å². The van der Waals surface area contributed by atoms with Gasteiger partial charge < -0.3 is 15.4 Å². The predicted molar refractivity (Wildman–Crippen MR) is 115 cm³/mol. The number of nitrogens with one attached hydrogen (secondary N) is 2. The van der Waals surface area contributed by atoms with Crippen molar-refractivity contribution in [3.8, 4) is 11.5 Å². The first-order chi connectivity index (χ1) is 14.7. The fraction of sp³-hybridized carbons (Fsp3) is 0. The lowest BCUT2D eigenvalue weighted by Crippen LogP contribution is -2.12. The molecule has 0 saturated carbocycles. The number of amides is 1. The molecule has 1 amide bonds. The molecule has 0 aliphatic heterocycles. The van der Waals surface area contributed by atoms with Gasteiger partial charge in [0.05, 0.1) is 23.1 Å². The molecule has 0 spiro atoms. The molecule has 1 aromatic heterocycles. The topological polar surface area (TPSA) is 63.2 Å². The average molecular weight is 399 g/mol. The molecular weight excluding hydrogens is 381 g/mol. The van der Waals surface area contributed by atoms with Gasteiger partial charge in [-0.1, -0.05) is 30.3 Å². The number of anilines is 3. The molecule has 6 heteroatoms. The smallest absolute Gasteiger partial charge is 0.257 e. The van der Waals surface area contributed by atoms with Crippen molar-refractivity contribution < 1.29 is 13.9 Å². The van der Waals surface area contributed by atoms with Gasteiger partial charge in [-0.25, -0.2) is 4.39 Å². The Hall–Kier alpha value is -4.19. The van der Waals surface area contributed by atoms with Gasteiger partial charge in [-0.2, -0.15) is 0 Å². The Morgan fingerprint density at radius 1 is 0.800 bits per heavy atom. The second-order valence-corrected chi connectivity index (χ2v) is 6.46. The van der Waals surface area contributed by atoms with Crippen LogP contribution in [0.3, 0.4) is 0 Å². The fourth-order valence-corrected chi connectivity index (χ4v) is 2.78. The number of pyridine rings is 1. The summed E-state index contributed by atoms with van der Waals surface area (Å²) in [6.07, 6.45) is 2.98. The maximum Gasteiger partial charge on any atom is 0.257 e. The van der Waals surface area contributed by atoms with Crippen LogP contribution in [0.1, 0.15) is 10.4 Å². The van der Waals surface area contributed by atoms with Crippen molar-refractivity contribution in [1.29, 1.82) is 0 Å². The van der Waals surface area contributed by atoms with Gasteiger partial charge in [-0.05, 0) is 54.6 Å². The van der Waals surface area contributed by atoms with Crippen LogP contribution >= 0.6 is 0 Å². The van der Waals surface area contributed by atoms with Crippen molar-refractivity contribution in [2.24, 2.45) is 0 Å². The maximum atomic E-state index is 13.8. The highest BCUT2D eigenvalue weighted by Crippen LogP contribution is 2.23. The molecule has 0 aliphatic carbocycles. The lowest BCUT2D eigenvalue weighted by atomic mass is 10.2. The SMILES string of the molecule is O=C(Nc1ccc(Oc2ccccc2)cc1)c1cncc(Nc2ccccc2F)c1. The lowest BCUT2D eigenvalue weighted by molar-refractivity contribution is 0.102. The Bertz CT molecular complexity index is 1150. The van der Waals surface area contributed by atoms with Crippen LogP contribution < -0.4 is 15.4 Å². The van der Waals surface area contributed by atoms with Crippen LogP contribution in [-0.4, -0.2) is 10.9 Å². The summed E-state index contributed by atoms with van der Waals surface area (Å²) in [5.74, 6) is 0.693. The third-order valence-electron chi connectivity index (χ3n) is 4.24. The summed E-state index contributed by atoms with van der Waals surface area (Å²) in [5, 5.41) is 5.74. The minimum absolute atomic E-state index is 0.311. The van der Waals surface area contributed by atoms with E-state index in [9.17, 15) is 9.18 Å². The summed E-state index contributed by atoms with van der Waals surface area (Å²) < 4.78 is 19.6. The molecular formula is C24H18FN3O2. The average Bonchev–Trinajstić information content (AvgIpc) is 2.78. The quantitative estimate of drug-likeness (QED) is 0.417. The van der Waals surface area contributed by atoms with E-state index in [-0.39, 0.29) is 11.7 Å². The van der Waals surface area contributed by atoms with Crippen LogP contribution in [0.25, 0.3) is 0 Å². The first kappa shape index (κ1) is 19.1. The molecule has 4 aromatic rings. The number of aromatic nitrogens is 1. The number of ether oxygens (including phenoxy) is 1. The van der Waals surface area contributed by atoms with Gasteiger partial charge in [0.2, 0.25) is 0 Å². The van der Waals surface area contributed by atoms with E-state index in [2.05, 4.69) is 15.6 Å². The van der Waals surface area contributed by atoms with Gasteiger partial charge in [0.1, 0.15) is 17.3 Å². The monoisotopic (exact) mass is 399 g/mol. The number of rotatable bonds is 6. The highest BCUT2D eigenvalue weighted by atomic mass is 19.1. The number of nitrogens with zero attached hydrogens (tertiary/aromatic N) is 1. The van der Waals surface area contributed by atoms with Gasteiger partial charge in [0, 0.05) is 11.9 Å². The van der Waals surface area contributed by atoms with E-state index in [0.29, 0.717) is 28.4 Å². The Kier molecular flexibility index (Phi) is 5.66. The van der Waals surface area contributed by atoms with E-state index in [1.807, 2.05) is 30.3 Å². The molecule has 0 saturated heterocycles. The van der Waals surface area contributed by atoms with Crippen molar-refractivity contribution in [3.63, 3.8) is 0 Å². The first-order valence-electron chi connectivity index (χ1n) is 9.28. The third-order valence-corrected chi connectivity index (χ3v) is 4.24. The largest absolute Gasteiger partial charge is 0.457 e. The standard InChI is InChI=1S/C24H18FN3O2/c25-22-8-4-5-9-23(22)27-19-14-17(15-26-16-19)24(29)28-18-10-12-21(13-11-18)30-20-6-2-1-3-7-20/h1-16,27H,(H,28,29). The number of carbonyl (C=O) groups excluding carboxylic acids is 1. The molecule has 3 aromatic carbocycles. The first-order valence-corrected chi connectivity index (χ1v) is 9.28. The Labute approximate surface area is 173 Å². The van der Waals surface area contributed by atoms with Gasteiger partial charge >= 0.3 is 0 Å². The van der Waals surface area contributed by atoms with E-state index in [1.165, 1.54) is 18.5 Å². The number of hydrogen-bond donors (Lipinski definition) is 2. The van der Waals surface area contributed by atoms with Crippen molar-refractivity contribution in [3.05, 3.63) is 109 Å². The normalized spacial score (nSPS) is 10.3. The van der Waals surface area contributed by atoms with Crippen LogP contribution in [0.4, 0.5) is 21.5 Å². The molecule has 0 fully saturated rings. The molecule has 0 atom stereocenters. The van der Waals surface area contributed by atoms with Crippen LogP contribution in [0.2, 0.25) is 0 Å². The van der Waals surface area contributed by atoms with Crippen LogP contribution in [-0.2, 0) is 0 Å². The van der Waals surface area contributed by atoms with Gasteiger partial charge in [0.15, 0.2) is 0 Å². The van der Waals surface area contributed by atoms with Crippen molar-refractivity contribution in [2.45, 2.75) is 0 Å². The highest BCUT2D eigenvalue weighted by molar-refractivity contribution is 6.04. The van der Waals surface area contributed by atoms with Gasteiger partial charge in [-0.15, -0.1) is 0 Å². The Morgan fingerprint density at radius 3 is 2.27 bits per heavy atom. The van der Waals surface area contributed by atoms with E-state index in [1.54, 1.807) is 48.5 Å². The summed E-state index contributed by atoms with van der Waals surface area (Å²) in [6, 6.07) is 24.4. The zero-order valence-electron chi connectivity index (χ0n) is 15.9. The molecule has 30 heavy (non-hydrogen) atoms.